The molecule has 0 bridgehead atoms. The number of carbonyl (C=O) groups excluding carboxylic acids is 1. The molecule has 2 aromatic rings. The molecule has 0 atom stereocenters. The van der Waals surface area contributed by atoms with Gasteiger partial charge in [0.05, 0.1) is 6.42 Å². The van der Waals surface area contributed by atoms with Crippen molar-refractivity contribution >= 4 is 17.5 Å². The van der Waals surface area contributed by atoms with Crippen LogP contribution in [0.15, 0.2) is 48.5 Å². The Balaban J connectivity index is 1.94. The van der Waals surface area contributed by atoms with Crippen LogP contribution in [0.1, 0.15) is 16.7 Å². The van der Waals surface area contributed by atoms with E-state index in [-0.39, 0.29) is 5.91 Å². The van der Waals surface area contributed by atoms with Gasteiger partial charge in [-0.2, -0.15) is 0 Å². The number of amides is 1. The predicted molar refractivity (Wildman–Crippen MR) is 82.8 cm³/mol. The van der Waals surface area contributed by atoms with E-state index in [1.54, 1.807) is 4.90 Å². The summed E-state index contributed by atoms with van der Waals surface area (Å²) in [5.74, 6) is 0.115. The smallest absolute Gasteiger partial charge is 0.227 e. The zero-order valence-corrected chi connectivity index (χ0v) is 12.5. The molecule has 0 fully saturated rings. The maximum Gasteiger partial charge on any atom is 0.227 e. The molecule has 104 valence electrons. The van der Waals surface area contributed by atoms with Crippen molar-refractivity contribution in [2.75, 3.05) is 7.05 Å². The summed E-state index contributed by atoms with van der Waals surface area (Å²) in [5.41, 5.74) is 3.33. The number of carbonyl (C=O) groups is 1. The fraction of sp³-hybridized carbons (Fsp3) is 0.235. The first-order valence-electron chi connectivity index (χ1n) is 6.58. The molecule has 0 N–H and O–H groups in total. The third kappa shape index (κ3) is 4.10. The second-order valence-corrected chi connectivity index (χ2v) is 5.48. The topological polar surface area (TPSA) is 20.3 Å². The molecule has 1 amide bonds. The van der Waals surface area contributed by atoms with Crippen LogP contribution in [-0.4, -0.2) is 17.9 Å². The van der Waals surface area contributed by atoms with E-state index in [4.69, 9.17) is 11.6 Å². The van der Waals surface area contributed by atoms with Crippen LogP contribution in [0.25, 0.3) is 0 Å². The van der Waals surface area contributed by atoms with Crippen molar-refractivity contribution < 1.29 is 4.79 Å². The minimum Gasteiger partial charge on any atom is -0.341 e. The first-order chi connectivity index (χ1) is 9.54. The second kappa shape index (κ2) is 6.58. The zero-order chi connectivity index (χ0) is 14.5. The number of aryl methyl sites for hydroxylation is 1. The van der Waals surface area contributed by atoms with Gasteiger partial charge in [-0.05, 0) is 30.2 Å². The number of likely N-dealkylation sites (N-methyl/N-ethyl adjacent to an activating group) is 1. The van der Waals surface area contributed by atoms with Crippen molar-refractivity contribution in [1.29, 1.82) is 0 Å². The van der Waals surface area contributed by atoms with E-state index in [9.17, 15) is 4.79 Å². The van der Waals surface area contributed by atoms with E-state index in [0.29, 0.717) is 18.0 Å². The highest BCUT2D eigenvalue weighted by molar-refractivity contribution is 6.30. The molecule has 0 aliphatic carbocycles. The Bertz CT molecular complexity index is 575. The van der Waals surface area contributed by atoms with Gasteiger partial charge in [-0.25, -0.2) is 0 Å². The maximum absolute atomic E-state index is 12.2. The highest BCUT2D eigenvalue weighted by atomic mass is 35.5. The molecular weight excluding hydrogens is 270 g/mol. The van der Waals surface area contributed by atoms with Gasteiger partial charge in [0.2, 0.25) is 5.91 Å². The molecule has 3 heteroatoms. The number of hydrogen-bond donors (Lipinski definition) is 0. The summed E-state index contributed by atoms with van der Waals surface area (Å²) in [5, 5.41) is 0.711. The molecule has 0 aromatic heterocycles. The predicted octanol–water partition coefficient (Wildman–Crippen LogP) is 3.85. The van der Waals surface area contributed by atoms with Crippen molar-refractivity contribution in [3.8, 4) is 0 Å². The standard InChI is InChI=1S/C17H18ClNO/c1-13-3-5-14(6-4-13)11-17(20)19(2)12-15-7-9-16(18)10-8-15/h3-10H,11-12H2,1-2H3. The van der Waals surface area contributed by atoms with Crippen LogP contribution in [0.5, 0.6) is 0 Å². The Kier molecular flexibility index (Phi) is 4.80. The third-order valence-electron chi connectivity index (χ3n) is 3.23. The molecule has 0 saturated carbocycles. The second-order valence-electron chi connectivity index (χ2n) is 5.04. The van der Waals surface area contributed by atoms with Gasteiger partial charge in [-0.1, -0.05) is 53.6 Å². The number of hydrogen-bond acceptors (Lipinski definition) is 1. The van der Waals surface area contributed by atoms with Crippen molar-refractivity contribution in [3.63, 3.8) is 0 Å². The number of halogens is 1. The number of nitrogens with zero attached hydrogens (tertiary/aromatic N) is 1. The van der Waals surface area contributed by atoms with Gasteiger partial charge in [-0.15, -0.1) is 0 Å². The molecule has 0 unspecified atom stereocenters. The van der Waals surface area contributed by atoms with Crippen LogP contribution in [0.4, 0.5) is 0 Å². The lowest BCUT2D eigenvalue weighted by molar-refractivity contribution is -0.129. The van der Waals surface area contributed by atoms with E-state index in [2.05, 4.69) is 0 Å². The summed E-state index contributed by atoms with van der Waals surface area (Å²) < 4.78 is 0. The molecule has 0 radical (unpaired) electrons. The fourth-order valence-electron chi connectivity index (χ4n) is 1.97. The van der Waals surface area contributed by atoms with Gasteiger partial charge in [0.15, 0.2) is 0 Å². The van der Waals surface area contributed by atoms with Crippen LogP contribution in [0.2, 0.25) is 5.02 Å². The van der Waals surface area contributed by atoms with Crippen LogP contribution < -0.4 is 0 Å². The molecule has 0 aliphatic heterocycles. The highest BCUT2D eigenvalue weighted by Crippen LogP contribution is 2.12. The van der Waals surface area contributed by atoms with Crippen LogP contribution in [0.3, 0.4) is 0 Å². The van der Waals surface area contributed by atoms with Crippen LogP contribution in [-0.2, 0) is 17.8 Å². The lowest BCUT2D eigenvalue weighted by atomic mass is 10.1. The number of rotatable bonds is 4. The molecular formula is C17H18ClNO. The Morgan fingerprint density at radius 1 is 1.00 bits per heavy atom. The minimum absolute atomic E-state index is 0.115. The van der Waals surface area contributed by atoms with E-state index < -0.39 is 0 Å². The van der Waals surface area contributed by atoms with Crippen LogP contribution >= 0.6 is 11.6 Å². The molecule has 2 rings (SSSR count). The van der Waals surface area contributed by atoms with Gasteiger partial charge in [0.25, 0.3) is 0 Å². The third-order valence-corrected chi connectivity index (χ3v) is 3.49. The molecule has 0 spiro atoms. The Labute approximate surface area is 125 Å². The van der Waals surface area contributed by atoms with Crippen molar-refractivity contribution in [2.24, 2.45) is 0 Å². The van der Waals surface area contributed by atoms with Gasteiger partial charge >= 0.3 is 0 Å². The monoisotopic (exact) mass is 287 g/mol. The van der Waals surface area contributed by atoms with Gasteiger partial charge < -0.3 is 4.90 Å². The lowest BCUT2D eigenvalue weighted by Gasteiger charge is -2.17. The SMILES string of the molecule is Cc1ccc(CC(=O)N(C)Cc2ccc(Cl)cc2)cc1. The summed E-state index contributed by atoms with van der Waals surface area (Å²) >= 11 is 5.85. The Morgan fingerprint density at radius 3 is 2.15 bits per heavy atom. The molecule has 20 heavy (non-hydrogen) atoms. The van der Waals surface area contributed by atoms with Gasteiger partial charge in [-0.3, -0.25) is 4.79 Å². The molecule has 2 nitrogen and oxygen atoms in total. The van der Waals surface area contributed by atoms with Crippen LogP contribution in [0, 0.1) is 6.92 Å². The minimum atomic E-state index is 0.115. The fourth-order valence-corrected chi connectivity index (χ4v) is 2.09. The summed E-state index contributed by atoms with van der Waals surface area (Å²) in [7, 11) is 1.82. The van der Waals surface area contributed by atoms with Crippen molar-refractivity contribution in [3.05, 3.63) is 70.2 Å². The first-order valence-corrected chi connectivity index (χ1v) is 6.96. The molecule has 0 heterocycles. The van der Waals surface area contributed by atoms with E-state index >= 15 is 0 Å². The largest absolute Gasteiger partial charge is 0.341 e. The average Bonchev–Trinajstić information content (AvgIpc) is 2.44. The number of benzene rings is 2. The molecule has 2 aromatic carbocycles. The summed E-state index contributed by atoms with van der Waals surface area (Å²) in [6.45, 7) is 2.64. The highest BCUT2D eigenvalue weighted by Gasteiger charge is 2.10. The summed E-state index contributed by atoms with van der Waals surface area (Å²) in [6, 6.07) is 15.6. The summed E-state index contributed by atoms with van der Waals surface area (Å²) in [4.78, 5) is 13.9. The lowest BCUT2D eigenvalue weighted by Crippen LogP contribution is -2.27. The van der Waals surface area contributed by atoms with Gasteiger partial charge in [0.1, 0.15) is 0 Å². The van der Waals surface area contributed by atoms with E-state index in [1.165, 1.54) is 5.56 Å². The Morgan fingerprint density at radius 2 is 1.55 bits per heavy atom. The summed E-state index contributed by atoms with van der Waals surface area (Å²) in [6.07, 6.45) is 0.435. The van der Waals surface area contributed by atoms with Crippen molar-refractivity contribution in [2.45, 2.75) is 19.9 Å². The molecule has 0 saturated heterocycles. The van der Waals surface area contributed by atoms with Crippen molar-refractivity contribution in [1.82, 2.24) is 4.90 Å². The maximum atomic E-state index is 12.2. The van der Waals surface area contributed by atoms with E-state index in [0.717, 1.165) is 11.1 Å². The normalized spacial score (nSPS) is 10.3. The average molecular weight is 288 g/mol. The first kappa shape index (κ1) is 14.6. The van der Waals surface area contributed by atoms with Gasteiger partial charge in [0, 0.05) is 18.6 Å². The molecule has 0 aliphatic rings. The Hall–Kier alpha value is -1.80. The quantitative estimate of drug-likeness (QED) is 0.836. The van der Waals surface area contributed by atoms with E-state index in [1.807, 2.05) is 62.5 Å². The zero-order valence-electron chi connectivity index (χ0n) is 11.8.